The lowest BCUT2D eigenvalue weighted by atomic mass is 9.90. The molecule has 1 aliphatic rings. The zero-order valence-electron chi connectivity index (χ0n) is 11.5. The Morgan fingerprint density at radius 3 is 2.37 bits per heavy atom. The number of aliphatic hydroxyl groups is 1. The maximum Gasteiger partial charge on any atom is 0.335 e. The van der Waals surface area contributed by atoms with Gasteiger partial charge in [-0.3, -0.25) is 4.79 Å². The summed E-state index contributed by atoms with van der Waals surface area (Å²) in [5.41, 5.74) is 0. The largest absolute Gasteiger partial charge is 0.466 e. The third-order valence-corrected chi connectivity index (χ3v) is 3.04. The quantitative estimate of drug-likeness (QED) is 0.716. The molecule has 0 amide bonds. The maximum atomic E-state index is 11.9. The number of hydrogen-bond donors (Lipinski definition) is 1. The minimum absolute atomic E-state index is 0.150. The predicted molar refractivity (Wildman–Crippen MR) is 66.4 cm³/mol. The zero-order valence-corrected chi connectivity index (χ0v) is 11.5. The van der Waals surface area contributed by atoms with Crippen LogP contribution in [0.5, 0.6) is 0 Å². The second-order valence-corrected chi connectivity index (χ2v) is 4.38. The summed E-state index contributed by atoms with van der Waals surface area (Å²) < 4.78 is 15.2. The van der Waals surface area contributed by atoms with Crippen LogP contribution in [0.25, 0.3) is 0 Å². The first-order chi connectivity index (χ1) is 9.11. The lowest BCUT2D eigenvalue weighted by molar-refractivity contribution is -0.175. The van der Waals surface area contributed by atoms with Gasteiger partial charge in [0.1, 0.15) is 5.92 Å². The first kappa shape index (κ1) is 15.9. The highest BCUT2D eigenvalue weighted by molar-refractivity contribution is 5.84. The van der Waals surface area contributed by atoms with Crippen LogP contribution in [0.3, 0.4) is 0 Å². The summed E-state index contributed by atoms with van der Waals surface area (Å²) in [6.45, 7) is 4.18. The highest BCUT2D eigenvalue weighted by atomic mass is 16.6. The van der Waals surface area contributed by atoms with Gasteiger partial charge in [0.15, 0.2) is 6.10 Å². The molecule has 0 saturated carbocycles. The summed E-state index contributed by atoms with van der Waals surface area (Å²) in [4.78, 5) is 23.5. The van der Waals surface area contributed by atoms with E-state index in [1.807, 2.05) is 0 Å². The van der Waals surface area contributed by atoms with E-state index in [2.05, 4.69) is 0 Å². The molecule has 1 N–H and O–H groups in total. The molecule has 0 aromatic rings. The van der Waals surface area contributed by atoms with Gasteiger partial charge in [-0.1, -0.05) is 0 Å². The molecule has 1 fully saturated rings. The Morgan fingerprint density at radius 2 is 1.84 bits per heavy atom. The molecule has 6 heteroatoms. The van der Waals surface area contributed by atoms with Crippen molar-refractivity contribution < 1.29 is 28.9 Å². The number of aliphatic hydroxyl groups excluding tert-OH is 1. The van der Waals surface area contributed by atoms with Crippen LogP contribution >= 0.6 is 0 Å². The van der Waals surface area contributed by atoms with E-state index in [4.69, 9.17) is 14.2 Å². The van der Waals surface area contributed by atoms with E-state index in [9.17, 15) is 14.7 Å². The Labute approximate surface area is 113 Å². The van der Waals surface area contributed by atoms with E-state index in [1.165, 1.54) is 0 Å². The molecule has 110 valence electrons. The number of esters is 2. The Kier molecular flexibility index (Phi) is 6.80. The smallest absolute Gasteiger partial charge is 0.335 e. The number of rotatable bonds is 6. The lowest BCUT2D eigenvalue weighted by Crippen LogP contribution is -2.46. The molecule has 19 heavy (non-hydrogen) atoms. The van der Waals surface area contributed by atoms with Gasteiger partial charge in [-0.05, 0) is 33.1 Å². The van der Waals surface area contributed by atoms with E-state index >= 15 is 0 Å². The Balaban J connectivity index is 2.77. The highest BCUT2D eigenvalue weighted by Crippen LogP contribution is 2.24. The van der Waals surface area contributed by atoms with Crippen molar-refractivity contribution in [2.75, 3.05) is 19.8 Å². The van der Waals surface area contributed by atoms with Crippen LogP contribution in [-0.4, -0.2) is 49.1 Å². The minimum atomic E-state index is -1.54. The van der Waals surface area contributed by atoms with Crippen LogP contribution in [0.4, 0.5) is 0 Å². The first-order valence-corrected chi connectivity index (χ1v) is 6.74. The van der Waals surface area contributed by atoms with Crippen LogP contribution in [0.1, 0.15) is 33.1 Å². The Hall–Kier alpha value is -1.14. The molecule has 1 aliphatic heterocycles. The molecule has 0 aromatic carbocycles. The third kappa shape index (κ3) is 4.47. The van der Waals surface area contributed by atoms with Gasteiger partial charge in [0, 0.05) is 6.61 Å². The SMILES string of the molecule is CCOC(=O)C(O)C(C(=O)OCC)C1CCCCO1. The van der Waals surface area contributed by atoms with E-state index in [0.717, 1.165) is 12.8 Å². The van der Waals surface area contributed by atoms with E-state index in [1.54, 1.807) is 13.8 Å². The normalized spacial score (nSPS) is 22.4. The van der Waals surface area contributed by atoms with Crippen molar-refractivity contribution in [1.29, 1.82) is 0 Å². The molecule has 0 aromatic heterocycles. The fourth-order valence-corrected chi connectivity index (χ4v) is 2.15. The highest BCUT2D eigenvalue weighted by Gasteiger charge is 2.41. The molecule has 3 atom stereocenters. The standard InChI is InChI=1S/C13H22O6/c1-3-17-12(15)10(9-7-5-6-8-19-9)11(14)13(16)18-4-2/h9-11,14H,3-8H2,1-2H3. The van der Waals surface area contributed by atoms with E-state index in [-0.39, 0.29) is 13.2 Å². The fourth-order valence-electron chi connectivity index (χ4n) is 2.15. The van der Waals surface area contributed by atoms with Crippen molar-refractivity contribution in [2.24, 2.45) is 5.92 Å². The summed E-state index contributed by atoms with van der Waals surface area (Å²) in [5, 5.41) is 10.0. The average molecular weight is 274 g/mol. The van der Waals surface area contributed by atoms with Crippen molar-refractivity contribution in [3.05, 3.63) is 0 Å². The third-order valence-electron chi connectivity index (χ3n) is 3.04. The van der Waals surface area contributed by atoms with Crippen molar-refractivity contribution in [3.63, 3.8) is 0 Å². The van der Waals surface area contributed by atoms with Gasteiger partial charge < -0.3 is 19.3 Å². The van der Waals surface area contributed by atoms with Gasteiger partial charge in [0.2, 0.25) is 0 Å². The van der Waals surface area contributed by atoms with Gasteiger partial charge in [-0.25, -0.2) is 4.79 Å². The van der Waals surface area contributed by atoms with E-state index < -0.39 is 30.1 Å². The summed E-state index contributed by atoms with van der Waals surface area (Å²) in [6, 6.07) is 0. The zero-order chi connectivity index (χ0) is 14.3. The summed E-state index contributed by atoms with van der Waals surface area (Å²) >= 11 is 0. The molecule has 3 unspecified atom stereocenters. The molecule has 0 aliphatic carbocycles. The van der Waals surface area contributed by atoms with Crippen LogP contribution in [-0.2, 0) is 23.8 Å². The van der Waals surface area contributed by atoms with Crippen molar-refractivity contribution in [2.45, 2.75) is 45.3 Å². The van der Waals surface area contributed by atoms with Crippen molar-refractivity contribution in [1.82, 2.24) is 0 Å². The number of carbonyl (C=O) groups is 2. The lowest BCUT2D eigenvalue weighted by Gasteiger charge is -2.30. The predicted octanol–water partition coefficient (Wildman–Crippen LogP) is 0.659. The minimum Gasteiger partial charge on any atom is -0.466 e. The van der Waals surface area contributed by atoms with Gasteiger partial charge in [-0.2, -0.15) is 0 Å². The average Bonchev–Trinajstić information content (AvgIpc) is 2.40. The van der Waals surface area contributed by atoms with Crippen LogP contribution in [0, 0.1) is 5.92 Å². The number of ether oxygens (including phenoxy) is 3. The van der Waals surface area contributed by atoms with E-state index in [0.29, 0.717) is 13.0 Å². The molecular formula is C13H22O6. The molecule has 1 rings (SSSR count). The molecule has 0 radical (unpaired) electrons. The van der Waals surface area contributed by atoms with Gasteiger partial charge in [-0.15, -0.1) is 0 Å². The summed E-state index contributed by atoms with van der Waals surface area (Å²) in [6.07, 6.45) is 0.409. The van der Waals surface area contributed by atoms with Gasteiger partial charge >= 0.3 is 11.9 Å². The van der Waals surface area contributed by atoms with Crippen LogP contribution < -0.4 is 0 Å². The first-order valence-electron chi connectivity index (χ1n) is 6.74. The second-order valence-electron chi connectivity index (χ2n) is 4.38. The van der Waals surface area contributed by atoms with Gasteiger partial charge in [0.25, 0.3) is 0 Å². The summed E-state index contributed by atoms with van der Waals surface area (Å²) in [5.74, 6) is -2.44. The number of carbonyl (C=O) groups excluding carboxylic acids is 2. The molecule has 0 bridgehead atoms. The molecule has 1 heterocycles. The maximum absolute atomic E-state index is 11.9. The topological polar surface area (TPSA) is 82.1 Å². The second kappa shape index (κ2) is 8.12. The Bertz CT molecular complexity index is 298. The van der Waals surface area contributed by atoms with Gasteiger partial charge in [0.05, 0.1) is 19.3 Å². The Morgan fingerprint density at radius 1 is 1.21 bits per heavy atom. The molecule has 1 saturated heterocycles. The van der Waals surface area contributed by atoms with Crippen molar-refractivity contribution in [3.8, 4) is 0 Å². The fraction of sp³-hybridized carbons (Fsp3) is 0.846. The molecular weight excluding hydrogens is 252 g/mol. The van der Waals surface area contributed by atoms with Crippen LogP contribution in [0.2, 0.25) is 0 Å². The van der Waals surface area contributed by atoms with Crippen molar-refractivity contribution >= 4 is 11.9 Å². The number of hydrogen-bond acceptors (Lipinski definition) is 6. The summed E-state index contributed by atoms with van der Waals surface area (Å²) in [7, 11) is 0. The van der Waals surface area contributed by atoms with Crippen LogP contribution in [0.15, 0.2) is 0 Å². The molecule has 0 spiro atoms. The monoisotopic (exact) mass is 274 g/mol. The molecule has 6 nitrogen and oxygen atoms in total.